The molecule has 0 aliphatic carbocycles. The lowest BCUT2D eigenvalue weighted by Gasteiger charge is -2.14. The van der Waals surface area contributed by atoms with Gasteiger partial charge in [-0.3, -0.25) is 14.9 Å². The summed E-state index contributed by atoms with van der Waals surface area (Å²) in [5.74, 6) is -1.04. The number of non-ortho nitro benzene ring substituents is 1. The monoisotopic (exact) mass is 295 g/mol. The predicted molar refractivity (Wildman–Crippen MR) is 76.2 cm³/mol. The zero-order valence-corrected chi connectivity index (χ0v) is 11.5. The highest BCUT2D eigenvalue weighted by Crippen LogP contribution is 2.15. The van der Waals surface area contributed by atoms with Gasteiger partial charge in [-0.25, -0.2) is 4.79 Å². The minimum Gasteiger partial charge on any atom is -0.481 e. The van der Waals surface area contributed by atoms with E-state index in [1.54, 1.807) is 0 Å². The number of benzene rings is 1. The van der Waals surface area contributed by atoms with Crippen LogP contribution in [-0.4, -0.2) is 28.6 Å². The zero-order chi connectivity index (χ0) is 15.8. The highest BCUT2D eigenvalue weighted by molar-refractivity contribution is 5.89. The van der Waals surface area contributed by atoms with Gasteiger partial charge in [0.05, 0.1) is 4.92 Å². The van der Waals surface area contributed by atoms with Crippen molar-refractivity contribution in [3.63, 3.8) is 0 Å². The summed E-state index contributed by atoms with van der Waals surface area (Å²) in [6.45, 7) is 2.10. The molecule has 114 valence electrons. The molecule has 0 aliphatic rings. The zero-order valence-electron chi connectivity index (χ0n) is 11.5. The number of carboxylic acid groups (broad SMARTS) is 1. The van der Waals surface area contributed by atoms with E-state index in [4.69, 9.17) is 5.11 Å². The number of amides is 2. The molecule has 1 rings (SSSR count). The Balaban J connectivity index is 2.46. The number of nitro groups is 1. The largest absolute Gasteiger partial charge is 0.481 e. The third-order valence-electron chi connectivity index (χ3n) is 2.93. The van der Waals surface area contributed by atoms with E-state index in [2.05, 4.69) is 10.6 Å². The molecule has 8 nitrogen and oxygen atoms in total. The molecule has 21 heavy (non-hydrogen) atoms. The quantitative estimate of drug-likeness (QED) is 0.526. The van der Waals surface area contributed by atoms with E-state index in [-0.39, 0.29) is 24.6 Å². The molecule has 0 saturated carbocycles. The van der Waals surface area contributed by atoms with Crippen molar-refractivity contribution in [1.82, 2.24) is 5.32 Å². The average molecular weight is 295 g/mol. The second-order valence-electron chi connectivity index (χ2n) is 4.51. The molecule has 1 atom stereocenters. The molecule has 0 heterocycles. The second-order valence-corrected chi connectivity index (χ2v) is 4.51. The van der Waals surface area contributed by atoms with Gasteiger partial charge in [-0.15, -0.1) is 0 Å². The second kappa shape index (κ2) is 7.83. The first-order chi connectivity index (χ1) is 9.92. The Morgan fingerprint density at radius 3 is 2.43 bits per heavy atom. The van der Waals surface area contributed by atoms with E-state index in [0.717, 1.165) is 0 Å². The Bertz CT molecular complexity index is 515. The van der Waals surface area contributed by atoms with Crippen molar-refractivity contribution in [2.45, 2.75) is 19.8 Å². The number of aliphatic carboxylic acids is 1. The Labute approximate surface area is 121 Å². The number of carbonyl (C=O) groups excluding carboxylic acids is 1. The average Bonchev–Trinajstić information content (AvgIpc) is 2.43. The number of urea groups is 1. The smallest absolute Gasteiger partial charge is 0.319 e. The van der Waals surface area contributed by atoms with Crippen molar-refractivity contribution in [3.05, 3.63) is 34.4 Å². The normalized spacial score (nSPS) is 11.5. The van der Waals surface area contributed by atoms with Crippen LogP contribution < -0.4 is 10.6 Å². The summed E-state index contributed by atoms with van der Waals surface area (Å²) in [6.07, 6.45) is 0.637. The van der Waals surface area contributed by atoms with Crippen LogP contribution in [0.2, 0.25) is 0 Å². The number of hydrogen-bond donors (Lipinski definition) is 3. The molecular formula is C13H17N3O5. The molecule has 3 N–H and O–H groups in total. The van der Waals surface area contributed by atoms with E-state index in [0.29, 0.717) is 12.1 Å². The third-order valence-corrected chi connectivity index (χ3v) is 2.93. The number of nitrogens with zero attached hydrogens (tertiary/aromatic N) is 1. The van der Waals surface area contributed by atoms with E-state index in [9.17, 15) is 19.7 Å². The van der Waals surface area contributed by atoms with Crippen LogP contribution in [0, 0.1) is 16.0 Å². The maximum atomic E-state index is 11.6. The van der Waals surface area contributed by atoms with Crippen molar-refractivity contribution >= 4 is 23.4 Å². The Hall–Kier alpha value is -2.64. The standard InChI is InChI=1S/C13H17N3O5/c1-2-9(7-12(17)18)8-14-13(19)15-10-3-5-11(6-4-10)16(20)21/h3-6,9H,2,7-8H2,1H3,(H,17,18)(H2,14,15,19). The number of hydrogen-bond acceptors (Lipinski definition) is 4. The number of carboxylic acids is 1. The molecule has 1 aromatic rings. The summed E-state index contributed by atoms with van der Waals surface area (Å²) < 4.78 is 0. The first kappa shape index (κ1) is 16.4. The molecule has 0 radical (unpaired) electrons. The highest BCUT2D eigenvalue weighted by atomic mass is 16.6. The van der Waals surface area contributed by atoms with Crippen LogP contribution in [0.15, 0.2) is 24.3 Å². The minimum atomic E-state index is -0.903. The van der Waals surface area contributed by atoms with Gasteiger partial charge in [0, 0.05) is 30.8 Å². The topological polar surface area (TPSA) is 122 Å². The maximum Gasteiger partial charge on any atom is 0.319 e. The number of anilines is 1. The molecule has 0 spiro atoms. The first-order valence-corrected chi connectivity index (χ1v) is 6.43. The summed E-state index contributed by atoms with van der Waals surface area (Å²) >= 11 is 0. The molecule has 0 bridgehead atoms. The fraction of sp³-hybridized carbons (Fsp3) is 0.385. The predicted octanol–water partition coefficient (Wildman–Crippen LogP) is 2.22. The number of rotatable bonds is 7. The molecule has 0 aromatic heterocycles. The van der Waals surface area contributed by atoms with Crippen LogP contribution in [0.25, 0.3) is 0 Å². The molecule has 0 saturated heterocycles. The summed E-state index contributed by atoms with van der Waals surface area (Å²) in [5, 5.41) is 24.3. The number of nitrogens with one attached hydrogen (secondary N) is 2. The molecule has 0 aliphatic heterocycles. The lowest BCUT2D eigenvalue weighted by molar-refractivity contribution is -0.384. The molecule has 0 fully saturated rings. The van der Waals surface area contributed by atoms with Gasteiger partial charge < -0.3 is 15.7 Å². The van der Waals surface area contributed by atoms with Crippen molar-refractivity contribution in [3.8, 4) is 0 Å². The maximum absolute atomic E-state index is 11.6. The van der Waals surface area contributed by atoms with Crippen LogP contribution in [-0.2, 0) is 4.79 Å². The van der Waals surface area contributed by atoms with Crippen molar-refractivity contribution in [2.75, 3.05) is 11.9 Å². The Morgan fingerprint density at radius 1 is 1.33 bits per heavy atom. The van der Waals surface area contributed by atoms with E-state index < -0.39 is 16.9 Å². The van der Waals surface area contributed by atoms with Gasteiger partial charge in [0.25, 0.3) is 5.69 Å². The van der Waals surface area contributed by atoms with Gasteiger partial charge >= 0.3 is 12.0 Å². The molecule has 1 unspecified atom stereocenters. The fourth-order valence-electron chi connectivity index (χ4n) is 1.69. The first-order valence-electron chi connectivity index (χ1n) is 6.43. The lowest BCUT2D eigenvalue weighted by atomic mass is 10.0. The number of nitro benzene ring substituents is 1. The third kappa shape index (κ3) is 5.89. The van der Waals surface area contributed by atoms with E-state index >= 15 is 0 Å². The SMILES string of the molecule is CCC(CNC(=O)Nc1ccc([N+](=O)[O-])cc1)CC(=O)O. The van der Waals surface area contributed by atoms with Gasteiger partial charge in [-0.05, 0) is 18.1 Å². The molecular weight excluding hydrogens is 278 g/mol. The van der Waals surface area contributed by atoms with Crippen LogP contribution in [0.3, 0.4) is 0 Å². The van der Waals surface area contributed by atoms with E-state index in [1.807, 2.05) is 6.92 Å². The Kier molecular flexibility index (Phi) is 6.12. The summed E-state index contributed by atoms with van der Waals surface area (Å²) in [6, 6.07) is 4.94. The van der Waals surface area contributed by atoms with Crippen LogP contribution in [0.5, 0.6) is 0 Å². The van der Waals surface area contributed by atoms with E-state index in [1.165, 1.54) is 24.3 Å². The lowest BCUT2D eigenvalue weighted by Crippen LogP contribution is -2.33. The molecule has 1 aromatic carbocycles. The van der Waals surface area contributed by atoms with Gasteiger partial charge in [0.1, 0.15) is 0 Å². The van der Waals surface area contributed by atoms with Crippen LogP contribution >= 0.6 is 0 Å². The fourth-order valence-corrected chi connectivity index (χ4v) is 1.69. The molecule has 8 heteroatoms. The van der Waals surface area contributed by atoms with Crippen LogP contribution in [0.1, 0.15) is 19.8 Å². The van der Waals surface area contributed by atoms with Gasteiger partial charge in [-0.2, -0.15) is 0 Å². The van der Waals surface area contributed by atoms with Crippen LogP contribution in [0.4, 0.5) is 16.2 Å². The summed E-state index contributed by atoms with van der Waals surface area (Å²) in [4.78, 5) is 32.2. The number of carbonyl (C=O) groups is 2. The molecule has 2 amide bonds. The highest BCUT2D eigenvalue weighted by Gasteiger charge is 2.12. The van der Waals surface area contributed by atoms with Crippen molar-refractivity contribution in [1.29, 1.82) is 0 Å². The van der Waals surface area contributed by atoms with Gasteiger partial charge in [0.15, 0.2) is 0 Å². The Morgan fingerprint density at radius 2 is 1.95 bits per heavy atom. The van der Waals surface area contributed by atoms with Gasteiger partial charge in [-0.1, -0.05) is 13.3 Å². The van der Waals surface area contributed by atoms with Gasteiger partial charge in [0.2, 0.25) is 0 Å². The van der Waals surface area contributed by atoms with Crippen molar-refractivity contribution in [2.24, 2.45) is 5.92 Å². The summed E-state index contributed by atoms with van der Waals surface area (Å²) in [7, 11) is 0. The minimum absolute atomic E-state index is 0.00564. The van der Waals surface area contributed by atoms with Crippen molar-refractivity contribution < 1.29 is 19.6 Å². The summed E-state index contributed by atoms with van der Waals surface area (Å²) in [5.41, 5.74) is 0.359.